The molecule has 1 aromatic rings. The molecule has 0 spiro atoms. The summed E-state index contributed by atoms with van der Waals surface area (Å²) in [6, 6.07) is 7.31. The second-order valence-corrected chi connectivity index (χ2v) is 5.43. The molecule has 1 aliphatic rings. The zero-order valence-corrected chi connectivity index (χ0v) is 10.1. The van der Waals surface area contributed by atoms with Crippen molar-refractivity contribution in [1.82, 2.24) is 0 Å². The first kappa shape index (κ1) is 13.6. The highest BCUT2D eigenvalue weighted by atomic mass is 35.7. The average Bonchev–Trinajstić information content (AvgIpc) is 2.17. The highest BCUT2D eigenvalue weighted by Gasteiger charge is 2.21. The van der Waals surface area contributed by atoms with Gasteiger partial charge in [0.25, 0.3) is 15.1 Å². The van der Waals surface area contributed by atoms with Crippen LogP contribution in [0.1, 0.15) is 5.56 Å². The number of benzene rings is 1. The molecule has 3 N–H and O–H groups in total. The summed E-state index contributed by atoms with van der Waals surface area (Å²) < 4.78 is 18.4. The van der Waals surface area contributed by atoms with Crippen molar-refractivity contribution in [3.63, 3.8) is 0 Å². The predicted molar refractivity (Wildman–Crippen MR) is 62.7 cm³/mol. The molecule has 0 fully saturated rings. The Labute approximate surface area is 102 Å². The van der Waals surface area contributed by atoms with Crippen molar-refractivity contribution in [2.24, 2.45) is 5.14 Å². The molecule has 0 bridgehead atoms. The zero-order valence-electron chi connectivity index (χ0n) is 8.51. The van der Waals surface area contributed by atoms with Crippen LogP contribution in [-0.4, -0.2) is 20.1 Å². The summed E-state index contributed by atoms with van der Waals surface area (Å²) in [6.07, 6.45) is 0.224. The smallest absolute Gasteiger partial charge is 0.294 e. The van der Waals surface area contributed by atoms with Crippen LogP contribution in [0.15, 0.2) is 24.3 Å². The van der Waals surface area contributed by atoms with Gasteiger partial charge in [0, 0.05) is 22.8 Å². The van der Waals surface area contributed by atoms with Crippen LogP contribution in [0.2, 0.25) is 0 Å². The van der Waals surface area contributed by atoms with E-state index in [0.717, 1.165) is 11.3 Å². The van der Waals surface area contributed by atoms with E-state index < -0.39 is 15.1 Å². The van der Waals surface area contributed by atoms with E-state index in [4.69, 9.17) is 0 Å². The lowest BCUT2D eigenvalue weighted by molar-refractivity contribution is -0.134. The number of fused-ring (bicyclic) bond motifs is 1. The number of hydrogen-bond acceptors (Lipinski definition) is 4. The fourth-order valence-corrected chi connectivity index (χ4v) is 1.24. The number of anilines is 1. The first-order valence-electron chi connectivity index (χ1n) is 4.42. The van der Waals surface area contributed by atoms with Crippen LogP contribution in [0, 0.1) is 0 Å². The first-order chi connectivity index (χ1) is 7.77. The number of halogens is 1. The number of ketones is 1. The fourth-order valence-electron chi connectivity index (χ4n) is 1.24. The molecule has 0 saturated carbocycles. The van der Waals surface area contributed by atoms with Gasteiger partial charge in [-0.05, 0) is 11.6 Å². The van der Waals surface area contributed by atoms with Crippen molar-refractivity contribution in [2.45, 2.75) is 6.42 Å². The van der Waals surface area contributed by atoms with E-state index in [-0.39, 0.29) is 12.2 Å². The molecular formula is C9H9ClN2O4S. The third-order valence-electron chi connectivity index (χ3n) is 1.87. The van der Waals surface area contributed by atoms with Crippen molar-refractivity contribution < 1.29 is 18.0 Å². The quantitative estimate of drug-likeness (QED) is 0.521. The van der Waals surface area contributed by atoms with E-state index in [0.29, 0.717) is 0 Å². The maximum absolute atomic E-state index is 10.9. The zero-order chi connectivity index (χ0) is 13.1. The lowest BCUT2D eigenvalue weighted by atomic mass is 10.0. The second-order valence-electron chi connectivity index (χ2n) is 3.19. The van der Waals surface area contributed by atoms with E-state index in [1.165, 1.54) is 0 Å². The van der Waals surface area contributed by atoms with Crippen LogP contribution in [0.5, 0.6) is 0 Å². The van der Waals surface area contributed by atoms with Crippen molar-refractivity contribution in [2.75, 3.05) is 5.32 Å². The van der Waals surface area contributed by atoms with Crippen LogP contribution in [0.4, 0.5) is 5.69 Å². The molecule has 0 aliphatic carbocycles. The Kier molecular flexibility index (Phi) is 4.22. The second kappa shape index (κ2) is 5.26. The molecular weight excluding hydrogens is 268 g/mol. The van der Waals surface area contributed by atoms with Gasteiger partial charge in [-0.3, -0.25) is 9.59 Å². The number of para-hydroxylation sites is 1. The molecule has 0 atom stereocenters. The van der Waals surface area contributed by atoms with Crippen LogP contribution >= 0.6 is 10.7 Å². The molecule has 8 heteroatoms. The SMILES string of the molecule is NS(=O)(=O)Cl.O=C1Cc2ccccc2NC1=O. The van der Waals surface area contributed by atoms with Gasteiger partial charge in [-0.2, -0.15) is 8.42 Å². The standard InChI is InChI=1S/C9H7NO2.ClH2NO2S/c11-8-5-6-3-1-2-4-7(6)10-9(8)12;1-5(2,3)4/h1-4H,5H2,(H,10,12);(H2,2,3,4). The minimum absolute atomic E-state index is 0.224. The summed E-state index contributed by atoms with van der Waals surface area (Å²) in [4.78, 5) is 21.8. The lowest BCUT2D eigenvalue weighted by Gasteiger charge is -2.14. The molecule has 1 amide bonds. The van der Waals surface area contributed by atoms with Gasteiger partial charge in [0.05, 0.1) is 0 Å². The molecule has 17 heavy (non-hydrogen) atoms. The Morgan fingerprint density at radius 1 is 1.24 bits per heavy atom. The molecule has 6 nitrogen and oxygen atoms in total. The van der Waals surface area contributed by atoms with E-state index in [9.17, 15) is 18.0 Å². The number of nitrogens with one attached hydrogen (secondary N) is 1. The Morgan fingerprint density at radius 3 is 2.35 bits per heavy atom. The summed E-state index contributed by atoms with van der Waals surface area (Å²) in [5, 5.41) is 6.61. The third-order valence-corrected chi connectivity index (χ3v) is 1.87. The number of Topliss-reactive ketones (excluding diaryl/α,β-unsaturated/α-hetero) is 1. The van der Waals surface area contributed by atoms with Crippen LogP contribution in [0.25, 0.3) is 0 Å². The van der Waals surface area contributed by atoms with Gasteiger partial charge in [-0.1, -0.05) is 18.2 Å². The minimum Gasteiger partial charge on any atom is -0.319 e. The average molecular weight is 277 g/mol. The molecule has 0 unspecified atom stereocenters. The Bertz CT molecular complexity index is 513. The summed E-state index contributed by atoms with van der Waals surface area (Å²) in [5.41, 5.74) is 1.64. The van der Waals surface area contributed by atoms with Gasteiger partial charge < -0.3 is 5.32 Å². The fraction of sp³-hybridized carbons (Fsp3) is 0.111. The first-order valence-corrected chi connectivity index (χ1v) is 6.79. The van der Waals surface area contributed by atoms with E-state index in [2.05, 4.69) is 21.1 Å². The van der Waals surface area contributed by atoms with Gasteiger partial charge in [-0.25, -0.2) is 5.14 Å². The van der Waals surface area contributed by atoms with Gasteiger partial charge in [-0.15, -0.1) is 0 Å². The van der Waals surface area contributed by atoms with Crippen LogP contribution in [0.3, 0.4) is 0 Å². The highest BCUT2D eigenvalue weighted by molar-refractivity contribution is 8.11. The lowest BCUT2D eigenvalue weighted by Crippen LogP contribution is -2.29. The summed E-state index contributed by atoms with van der Waals surface area (Å²) in [6.45, 7) is 0. The van der Waals surface area contributed by atoms with Gasteiger partial charge in [0.1, 0.15) is 0 Å². The molecule has 1 heterocycles. The largest absolute Gasteiger partial charge is 0.319 e. The number of carbonyl (C=O) groups is 2. The molecule has 0 saturated heterocycles. The van der Waals surface area contributed by atoms with Crippen molar-refractivity contribution in [3.05, 3.63) is 29.8 Å². The van der Waals surface area contributed by atoms with Gasteiger partial charge in [0.2, 0.25) is 5.78 Å². The number of nitrogens with two attached hydrogens (primary N) is 1. The van der Waals surface area contributed by atoms with Crippen molar-refractivity contribution >= 4 is 37.3 Å². The Balaban J connectivity index is 0.000000249. The molecule has 0 aromatic heterocycles. The molecule has 1 aliphatic heterocycles. The number of amides is 1. The van der Waals surface area contributed by atoms with Crippen molar-refractivity contribution in [1.29, 1.82) is 0 Å². The van der Waals surface area contributed by atoms with Crippen LogP contribution < -0.4 is 10.5 Å². The molecule has 2 rings (SSSR count). The Morgan fingerprint density at radius 2 is 1.76 bits per heavy atom. The maximum atomic E-state index is 10.9. The summed E-state index contributed by atoms with van der Waals surface area (Å²) in [7, 11) is 0.586. The molecule has 92 valence electrons. The van der Waals surface area contributed by atoms with Gasteiger partial charge in [0.15, 0.2) is 0 Å². The number of hydrogen-bond donors (Lipinski definition) is 2. The molecule has 1 aromatic carbocycles. The topological polar surface area (TPSA) is 106 Å². The minimum atomic E-state index is -3.69. The van der Waals surface area contributed by atoms with E-state index in [1.807, 2.05) is 18.2 Å². The van der Waals surface area contributed by atoms with Crippen molar-refractivity contribution in [3.8, 4) is 0 Å². The van der Waals surface area contributed by atoms with Gasteiger partial charge >= 0.3 is 0 Å². The maximum Gasteiger partial charge on any atom is 0.294 e. The highest BCUT2D eigenvalue weighted by Crippen LogP contribution is 2.19. The summed E-state index contributed by atoms with van der Waals surface area (Å²) in [5.74, 6) is -0.873. The van der Waals surface area contributed by atoms with E-state index in [1.54, 1.807) is 6.07 Å². The summed E-state index contributed by atoms with van der Waals surface area (Å²) >= 11 is 0. The third kappa shape index (κ3) is 4.94. The number of rotatable bonds is 0. The Hall–Kier alpha value is -1.44. The predicted octanol–water partition coefficient (Wildman–Crippen LogP) is 0.179. The normalized spacial score (nSPS) is 14.2. The number of carbonyl (C=O) groups excluding carboxylic acids is 2. The molecule has 0 radical (unpaired) electrons. The van der Waals surface area contributed by atoms with E-state index >= 15 is 0 Å². The van der Waals surface area contributed by atoms with Crippen LogP contribution in [-0.2, 0) is 25.2 Å². The monoisotopic (exact) mass is 276 g/mol.